The first-order valence-corrected chi connectivity index (χ1v) is 7.43. The molecule has 0 saturated carbocycles. The maximum atomic E-state index is 2.23. The van der Waals surface area contributed by atoms with Crippen molar-refractivity contribution in [3.8, 4) is 0 Å². The average molecular weight is 198 g/mol. The molecule has 0 bridgehead atoms. The van der Waals surface area contributed by atoms with Gasteiger partial charge < -0.3 is 0 Å². The molecule has 0 radical (unpaired) electrons. The molecule has 1 rings (SSSR count). The quantitative estimate of drug-likeness (QED) is 0.625. The predicted molar refractivity (Wildman–Crippen MR) is 54.4 cm³/mol. The van der Waals surface area contributed by atoms with Gasteiger partial charge in [0, 0.05) is 11.5 Å². The highest BCUT2D eigenvalue weighted by Gasteiger charge is 2.13. The lowest BCUT2D eigenvalue weighted by Gasteiger charge is -2.18. The van der Waals surface area contributed by atoms with Gasteiger partial charge in [0.15, 0.2) is 0 Å². The molecule has 4 heteroatoms. The minimum Gasteiger partial charge on any atom is -0.136 e. The minimum absolute atomic E-state index is 0.814. The predicted octanol–water partition coefficient (Wildman–Crippen LogP) is 3.15. The molecular weight excluding hydrogens is 188 g/mol. The highest BCUT2D eigenvalue weighted by molar-refractivity contribution is 8.81. The lowest BCUT2D eigenvalue weighted by molar-refractivity contribution is 1.52. The molecule has 0 aliphatic carbocycles. The van der Waals surface area contributed by atoms with Gasteiger partial charge in [-0.1, -0.05) is 28.5 Å². The molecule has 1 heterocycles. The van der Waals surface area contributed by atoms with E-state index in [2.05, 4.69) is 30.4 Å². The van der Waals surface area contributed by atoms with Gasteiger partial charge in [0.05, 0.1) is 0 Å². The molecule has 0 aromatic heterocycles. The standard InChI is InChI=1S/C5H10S4/c1-2-6-5-7-3-4-8-9-5/h5H,2-4H2,1H3. The Morgan fingerprint density at radius 3 is 3.00 bits per heavy atom. The lowest BCUT2D eigenvalue weighted by atomic mass is 11.0. The summed E-state index contributed by atoms with van der Waals surface area (Å²) in [5.41, 5.74) is 0. The van der Waals surface area contributed by atoms with Crippen molar-refractivity contribution in [3.05, 3.63) is 0 Å². The first kappa shape index (κ1) is 8.50. The number of thioether (sulfide) groups is 2. The zero-order chi connectivity index (χ0) is 6.53. The van der Waals surface area contributed by atoms with E-state index in [1.807, 2.05) is 21.6 Å². The summed E-state index contributed by atoms with van der Waals surface area (Å²) in [6.45, 7) is 2.23. The molecule has 0 spiro atoms. The Labute approximate surface area is 73.1 Å². The third-order valence-corrected chi connectivity index (χ3v) is 7.54. The Hall–Kier alpha value is 1.40. The van der Waals surface area contributed by atoms with Crippen LogP contribution in [0.4, 0.5) is 0 Å². The van der Waals surface area contributed by atoms with Crippen LogP contribution in [0.15, 0.2) is 0 Å². The SMILES string of the molecule is CCSC1SCCSS1. The molecule has 1 fully saturated rings. The van der Waals surface area contributed by atoms with Gasteiger partial charge in [-0.05, 0) is 5.75 Å². The van der Waals surface area contributed by atoms with Gasteiger partial charge in [0.1, 0.15) is 3.91 Å². The first-order valence-electron chi connectivity index (χ1n) is 2.95. The summed E-state index contributed by atoms with van der Waals surface area (Å²) in [7, 11) is 4.05. The summed E-state index contributed by atoms with van der Waals surface area (Å²) < 4.78 is 0.814. The van der Waals surface area contributed by atoms with Crippen LogP contribution < -0.4 is 0 Å². The van der Waals surface area contributed by atoms with Crippen LogP contribution >= 0.6 is 45.1 Å². The van der Waals surface area contributed by atoms with Crippen LogP contribution in [0.5, 0.6) is 0 Å². The average Bonchev–Trinajstić information content (AvgIpc) is 1.91. The highest BCUT2D eigenvalue weighted by Crippen LogP contribution is 2.45. The molecule has 0 aromatic rings. The molecule has 1 aliphatic rings. The smallest absolute Gasteiger partial charge is 0.106 e. The Balaban J connectivity index is 2.08. The van der Waals surface area contributed by atoms with Crippen molar-refractivity contribution < 1.29 is 0 Å². The van der Waals surface area contributed by atoms with Gasteiger partial charge in [-0.3, -0.25) is 0 Å². The molecule has 0 aromatic carbocycles. The second-order valence-corrected chi connectivity index (χ2v) is 7.62. The van der Waals surface area contributed by atoms with Crippen molar-refractivity contribution in [2.45, 2.75) is 10.8 Å². The topological polar surface area (TPSA) is 0 Å². The minimum atomic E-state index is 0.814. The molecule has 54 valence electrons. The first-order chi connectivity index (χ1) is 4.43. The normalized spacial score (nSPS) is 28.3. The lowest BCUT2D eigenvalue weighted by Crippen LogP contribution is -1.98. The molecule has 9 heavy (non-hydrogen) atoms. The van der Waals surface area contributed by atoms with Crippen LogP contribution in [0.1, 0.15) is 6.92 Å². The third kappa shape index (κ3) is 3.35. The van der Waals surface area contributed by atoms with E-state index < -0.39 is 0 Å². The van der Waals surface area contributed by atoms with E-state index in [0.29, 0.717) is 0 Å². The van der Waals surface area contributed by atoms with Crippen LogP contribution in [-0.4, -0.2) is 21.2 Å². The number of hydrogen-bond acceptors (Lipinski definition) is 4. The van der Waals surface area contributed by atoms with Gasteiger partial charge in [-0.25, -0.2) is 0 Å². The van der Waals surface area contributed by atoms with Gasteiger partial charge in [0.2, 0.25) is 0 Å². The monoisotopic (exact) mass is 198 g/mol. The second kappa shape index (κ2) is 5.10. The van der Waals surface area contributed by atoms with Crippen molar-refractivity contribution in [3.63, 3.8) is 0 Å². The summed E-state index contributed by atoms with van der Waals surface area (Å²) in [6.07, 6.45) is 0. The van der Waals surface area contributed by atoms with Gasteiger partial charge in [-0.2, -0.15) is 0 Å². The van der Waals surface area contributed by atoms with Crippen LogP contribution in [0.25, 0.3) is 0 Å². The molecule has 1 unspecified atom stereocenters. The van der Waals surface area contributed by atoms with Crippen LogP contribution in [0, 0.1) is 0 Å². The molecular formula is C5H10S4. The number of rotatable bonds is 2. The third-order valence-electron chi connectivity index (χ3n) is 0.870. The molecule has 1 saturated heterocycles. The summed E-state index contributed by atoms with van der Waals surface area (Å²) >= 11 is 4.15. The van der Waals surface area contributed by atoms with E-state index in [0.717, 1.165) is 3.91 Å². The van der Waals surface area contributed by atoms with E-state index in [1.165, 1.54) is 17.3 Å². The Morgan fingerprint density at radius 2 is 2.44 bits per heavy atom. The van der Waals surface area contributed by atoms with Crippen molar-refractivity contribution in [2.75, 3.05) is 17.3 Å². The largest absolute Gasteiger partial charge is 0.136 e. The Morgan fingerprint density at radius 1 is 1.56 bits per heavy atom. The maximum Gasteiger partial charge on any atom is 0.106 e. The van der Waals surface area contributed by atoms with Gasteiger partial charge in [0.25, 0.3) is 0 Å². The molecule has 0 amide bonds. The van der Waals surface area contributed by atoms with Crippen molar-refractivity contribution in [1.82, 2.24) is 0 Å². The summed E-state index contributed by atoms with van der Waals surface area (Å²) in [5.74, 6) is 3.93. The van der Waals surface area contributed by atoms with E-state index in [4.69, 9.17) is 0 Å². The van der Waals surface area contributed by atoms with E-state index in [-0.39, 0.29) is 0 Å². The fraction of sp³-hybridized carbons (Fsp3) is 1.00. The molecule has 1 atom stereocenters. The maximum absolute atomic E-state index is 2.23. The van der Waals surface area contributed by atoms with E-state index in [9.17, 15) is 0 Å². The fourth-order valence-electron chi connectivity index (χ4n) is 0.522. The number of hydrogen-bond donors (Lipinski definition) is 0. The highest BCUT2D eigenvalue weighted by atomic mass is 33.1. The van der Waals surface area contributed by atoms with Crippen molar-refractivity contribution >= 4 is 45.1 Å². The molecule has 1 aliphatic heterocycles. The Kier molecular flexibility index (Phi) is 4.82. The fourth-order valence-corrected chi connectivity index (χ4v) is 7.31. The molecule has 0 nitrogen and oxygen atoms in total. The van der Waals surface area contributed by atoms with Crippen LogP contribution in [0.3, 0.4) is 0 Å². The van der Waals surface area contributed by atoms with Crippen LogP contribution in [-0.2, 0) is 0 Å². The van der Waals surface area contributed by atoms with Gasteiger partial charge in [-0.15, -0.1) is 23.5 Å². The summed E-state index contributed by atoms with van der Waals surface area (Å²) in [5, 5.41) is 0. The summed E-state index contributed by atoms with van der Waals surface area (Å²) in [4.78, 5) is 0. The second-order valence-electron chi connectivity index (χ2n) is 1.53. The zero-order valence-corrected chi connectivity index (χ0v) is 8.60. The summed E-state index contributed by atoms with van der Waals surface area (Å²) in [6, 6.07) is 0. The van der Waals surface area contributed by atoms with E-state index in [1.54, 1.807) is 0 Å². The van der Waals surface area contributed by atoms with Crippen molar-refractivity contribution in [2.24, 2.45) is 0 Å². The molecule has 0 N–H and O–H groups in total. The van der Waals surface area contributed by atoms with Gasteiger partial charge >= 0.3 is 0 Å². The van der Waals surface area contributed by atoms with Crippen LogP contribution in [0.2, 0.25) is 0 Å². The zero-order valence-electron chi connectivity index (χ0n) is 5.33. The van der Waals surface area contributed by atoms with E-state index >= 15 is 0 Å². The Bertz CT molecular complexity index is 66.6. The van der Waals surface area contributed by atoms with Crippen molar-refractivity contribution in [1.29, 1.82) is 0 Å².